The lowest BCUT2D eigenvalue weighted by Gasteiger charge is -2.25. The first-order valence-corrected chi connectivity index (χ1v) is 8.79. The molecule has 0 radical (unpaired) electrons. The highest BCUT2D eigenvalue weighted by molar-refractivity contribution is 5.35. The van der Waals surface area contributed by atoms with Crippen molar-refractivity contribution in [2.24, 2.45) is 0 Å². The Hall–Kier alpha value is -2.72. The van der Waals surface area contributed by atoms with E-state index in [1.54, 1.807) is 36.4 Å². The number of hydrogen-bond donors (Lipinski definition) is 0. The van der Waals surface area contributed by atoms with Crippen LogP contribution < -0.4 is 4.74 Å². The summed E-state index contributed by atoms with van der Waals surface area (Å²) in [4.78, 5) is 0. The molecule has 0 unspecified atom stereocenters. The van der Waals surface area contributed by atoms with Crippen LogP contribution in [0.1, 0.15) is 25.0 Å². The zero-order chi connectivity index (χ0) is 19.3. The lowest BCUT2D eigenvalue weighted by Crippen LogP contribution is -2.24. The minimum absolute atomic E-state index is 0.167. The van der Waals surface area contributed by atoms with Gasteiger partial charge in [-0.3, -0.25) is 0 Å². The number of para-hydroxylation sites is 1. The molecule has 0 N–H and O–H groups in total. The monoisotopic (exact) mass is 368 g/mol. The molecule has 0 aliphatic rings. The second-order valence-corrected chi connectivity index (χ2v) is 7.06. The average molecular weight is 368 g/mol. The van der Waals surface area contributed by atoms with Crippen molar-refractivity contribution in [1.29, 1.82) is 0 Å². The standard InChI is InChI=1S/C23H22F2O2/c1-23(2,18-9-11-19(24)12-10-18)16-26-15-17-8-13-21(25)22(14-17)27-20-6-4-3-5-7-20/h3-14H,15-16H2,1-2H3. The molecule has 0 aromatic heterocycles. The van der Waals surface area contributed by atoms with Gasteiger partial charge in [-0.1, -0.05) is 50.2 Å². The van der Waals surface area contributed by atoms with Crippen molar-refractivity contribution in [3.05, 3.63) is 95.6 Å². The molecule has 0 heterocycles. The SMILES string of the molecule is CC(C)(COCc1ccc(F)c(Oc2ccccc2)c1)c1ccc(F)cc1. The van der Waals surface area contributed by atoms with Crippen molar-refractivity contribution in [1.82, 2.24) is 0 Å². The Morgan fingerprint density at radius 2 is 1.56 bits per heavy atom. The van der Waals surface area contributed by atoms with Crippen molar-refractivity contribution < 1.29 is 18.3 Å². The molecule has 0 saturated heterocycles. The summed E-state index contributed by atoms with van der Waals surface area (Å²) in [5.74, 6) is 0.0639. The van der Waals surface area contributed by atoms with Crippen LogP contribution in [0.25, 0.3) is 0 Å². The number of hydrogen-bond acceptors (Lipinski definition) is 2. The summed E-state index contributed by atoms with van der Waals surface area (Å²) >= 11 is 0. The molecular formula is C23H22F2O2. The summed E-state index contributed by atoms with van der Waals surface area (Å²) in [7, 11) is 0. The molecule has 27 heavy (non-hydrogen) atoms. The zero-order valence-corrected chi connectivity index (χ0v) is 15.4. The van der Waals surface area contributed by atoms with Crippen LogP contribution in [0.4, 0.5) is 8.78 Å². The van der Waals surface area contributed by atoms with E-state index in [0.29, 0.717) is 19.0 Å². The molecule has 3 rings (SSSR count). The van der Waals surface area contributed by atoms with Crippen molar-refractivity contribution in [2.45, 2.75) is 25.9 Å². The fraction of sp³-hybridized carbons (Fsp3) is 0.217. The van der Waals surface area contributed by atoms with Crippen molar-refractivity contribution in [3.8, 4) is 11.5 Å². The highest BCUT2D eigenvalue weighted by atomic mass is 19.1. The van der Waals surface area contributed by atoms with E-state index in [4.69, 9.17) is 9.47 Å². The first-order valence-electron chi connectivity index (χ1n) is 8.79. The molecule has 0 fully saturated rings. The van der Waals surface area contributed by atoms with Gasteiger partial charge in [-0.15, -0.1) is 0 Å². The fourth-order valence-electron chi connectivity index (χ4n) is 2.74. The smallest absolute Gasteiger partial charge is 0.165 e. The van der Waals surface area contributed by atoms with Gasteiger partial charge < -0.3 is 9.47 Å². The molecule has 0 atom stereocenters. The van der Waals surface area contributed by atoms with E-state index in [0.717, 1.165) is 11.1 Å². The highest BCUT2D eigenvalue weighted by Gasteiger charge is 2.21. The van der Waals surface area contributed by atoms with Gasteiger partial charge in [-0.25, -0.2) is 8.78 Å². The van der Waals surface area contributed by atoms with Gasteiger partial charge in [0.2, 0.25) is 0 Å². The Bertz CT molecular complexity index is 875. The van der Waals surface area contributed by atoms with Crippen LogP contribution in [0.2, 0.25) is 0 Å². The van der Waals surface area contributed by atoms with Crippen molar-refractivity contribution >= 4 is 0 Å². The molecular weight excluding hydrogens is 346 g/mol. The van der Waals surface area contributed by atoms with Crippen LogP contribution in [0.15, 0.2) is 72.8 Å². The van der Waals surface area contributed by atoms with Crippen LogP contribution in [0.5, 0.6) is 11.5 Å². The van der Waals surface area contributed by atoms with Crippen molar-refractivity contribution in [3.63, 3.8) is 0 Å². The van der Waals surface area contributed by atoms with E-state index < -0.39 is 5.82 Å². The average Bonchev–Trinajstić information content (AvgIpc) is 2.65. The molecule has 3 aromatic rings. The van der Waals surface area contributed by atoms with Gasteiger partial charge in [-0.2, -0.15) is 0 Å². The summed E-state index contributed by atoms with van der Waals surface area (Å²) in [5.41, 5.74) is 1.55. The van der Waals surface area contributed by atoms with Gasteiger partial charge in [-0.05, 0) is 47.5 Å². The number of rotatable bonds is 7. The van der Waals surface area contributed by atoms with Gasteiger partial charge in [0, 0.05) is 5.41 Å². The van der Waals surface area contributed by atoms with Gasteiger partial charge in [0.25, 0.3) is 0 Å². The predicted octanol–water partition coefficient (Wildman–Crippen LogP) is 6.25. The summed E-state index contributed by atoms with van der Waals surface area (Å²) in [5, 5.41) is 0. The van der Waals surface area contributed by atoms with Crippen LogP contribution in [-0.4, -0.2) is 6.61 Å². The van der Waals surface area contributed by atoms with E-state index in [-0.39, 0.29) is 17.0 Å². The van der Waals surface area contributed by atoms with E-state index in [2.05, 4.69) is 0 Å². The molecule has 140 valence electrons. The third-order valence-corrected chi connectivity index (χ3v) is 4.32. The Morgan fingerprint density at radius 1 is 0.852 bits per heavy atom. The largest absolute Gasteiger partial charge is 0.454 e. The molecule has 0 bridgehead atoms. The van der Waals surface area contributed by atoms with E-state index in [1.807, 2.05) is 32.0 Å². The van der Waals surface area contributed by atoms with Crippen LogP contribution in [0, 0.1) is 11.6 Å². The van der Waals surface area contributed by atoms with Gasteiger partial charge in [0.05, 0.1) is 13.2 Å². The molecule has 0 spiro atoms. The van der Waals surface area contributed by atoms with Gasteiger partial charge >= 0.3 is 0 Å². The Morgan fingerprint density at radius 3 is 2.26 bits per heavy atom. The third kappa shape index (κ3) is 5.14. The Balaban J connectivity index is 1.62. The third-order valence-electron chi connectivity index (χ3n) is 4.32. The zero-order valence-electron chi connectivity index (χ0n) is 15.4. The van der Waals surface area contributed by atoms with E-state index >= 15 is 0 Å². The normalized spacial score (nSPS) is 11.4. The Labute approximate surface area is 158 Å². The topological polar surface area (TPSA) is 18.5 Å². The number of ether oxygens (including phenoxy) is 2. The van der Waals surface area contributed by atoms with E-state index in [1.165, 1.54) is 18.2 Å². The lowest BCUT2D eigenvalue weighted by molar-refractivity contribution is 0.0823. The molecule has 2 nitrogen and oxygen atoms in total. The molecule has 0 saturated carbocycles. The summed E-state index contributed by atoms with van der Waals surface area (Å²) < 4.78 is 38.6. The van der Waals surface area contributed by atoms with E-state index in [9.17, 15) is 8.78 Å². The second kappa shape index (κ2) is 8.31. The molecule has 0 aliphatic heterocycles. The number of halogens is 2. The molecule has 4 heteroatoms. The van der Waals surface area contributed by atoms with Gasteiger partial charge in [0.1, 0.15) is 11.6 Å². The van der Waals surface area contributed by atoms with Crippen molar-refractivity contribution in [2.75, 3.05) is 6.61 Å². The molecule has 0 amide bonds. The predicted molar refractivity (Wildman–Crippen MR) is 102 cm³/mol. The number of benzene rings is 3. The lowest BCUT2D eigenvalue weighted by atomic mass is 9.85. The Kier molecular flexibility index (Phi) is 5.87. The summed E-state index contributed by atoms with van der Waals surface area (Å²) in [6, 6.07) is 20.2. The maximum atomic E-state index is 14.0. The first kappa shape index (κ1) is 19.1. The maximum Gasteiger partial charge on any atom is 0.165 e. The molecule has 0 aliphatic carbocycles. The van der Waals surface area contributed by atoms with Crippen LogP contribution >= 0.6 is 0 Å². The summed E-state index contributed by atoms with van der Waals surface area (Å²) in [6.07, 6.45) is 0. The maximum absolute atomic E-state index is 14.0. The highest BCUT2D eigenvalue weighted by Crippen LogP contribution is 2.27. The molecule has 3 aromatic carbocycles. The first-order chi connectivity index (χ1) is 12.9. The van der Waals surface area contributed by atoms with Crippen LogP contribution in [0.3, 0.4) is 0 Å². The fourth-order valence-corrected chi connectivity index (χ4v) is 2.74. The summed E-state index contributed by atoms with van der Waals surface area (Å²) in [6.45, 7) is 4.85. The minimum Gasteiger partial charge on any atom is -0.454 e. The minimum atomic E-state index is -0.422. The second-order valence-electron chi connectivity index (χ2n) is 7.06. The quantitative estimate of drug-likeness (QED) is 0.491. The van der Waals surface area contributed by atoms with Gasteiger partial charge in [0.15, 0.2) is 11.6 Å². The van der Waals surface area contributed by atoms with Crippen LogP contribution in [-0.2, 0) is 16.8 Å².